The summed E-state index contributed by atoms with van der Waals surface area (Å²) >= 11 is 0. The van der Waals surface area contributed by atoms with E-state index in [-0.39, 0.29) is 0 Å². The van der Waals surface area contributed by atoms with Gasteiger partial charge in [0.25, 0.3) is 0 Å². The van der Waals surface area contributed by atoms with Crippen LogP contribution in [0.1, 0.15) is 44.5 Å². The summed E-state index contributed by atoms with van der Waals surface area (Å²) in [6.45, 7) is 0. The molecule has 3 nitrogen and oxygen atoms in total. The molecule has 0 radical (unpaired) electrons. The monoisotopic (exact) mass is 1080 g/mol. The van der Waals surface area contributed by atoms with Gasteiger partial charge in [0.05, 0.1) is 33.2 Å². The molecule has 85 heavy (non-hydrogen) atoms. The van der Waals surface area contributed by atoms with Crippen LogP contribution in [-0.2, 0) is 10.8 Å². The minimum Gasteiger partial charge on any atom is -0.310 e. The van der Waals surface area contributed by atoms with E-state index in [0.29, 0.717) is 0 Å². The van der Waals surface area contributed by atoms with Gasteiger partial charge in [0.15, 0.2) is 0 Å². The van der Waals surface area contributed by atoms with Crippen molar-refractivity contribution in [3.8, 4) is 27.9 Å². The van der Waals surface area contributed by atoms with Crippen molar-refractivity contribution in [3.05, 3.63) is 366 Å². The van der Waals surface area contributed by atoms with Gasteiger partial charge < -0.3 is 14.4 Å². The Morgan fingerprint density at radius 2 is 0.576 bits per heavy atom. The lowest BCUT2D eigenvalue weighted by atomic mass is 9.52. The highest BCUT2D eigenvalue weighted by atomic mass is 15.2. The van der Waals surface area contributed by atoms with Crippen LogP contribution in [0.25, 0.3) is 71.3 Å². The minimum atomic E-state index is -0.644. The second-order valence-electron chi connectivity index (χ2n) is 23.0. The van der Waals surface area contributed by atoms with E-state index in [2.05, 4.69) is 336 Å². The Bertz CT molecular complexity index is 4940. The summed E-state index contributed by atoms with van der Waals surface area (Å²) in [4.78, 5) is 4.87. The second-order valence-corrected chi connectivity index (χ2v) is 23.0. The van der Waals surface area contributed by atoms with Crippen molar-refractivity contribution in [2.45, 2.75) is 10.8 Å². The molecule has 0 atom stereocenters. The summed E-state index contributed by atoms with van der Waals surface area (Å²) in [5, 5.41) is 7.10. The third-order valence-electron chi connectivity index (χ3n) is 19.0. The van der Waals surface area contributed by atoms with E-state index in [0.717, 1.165) is 61.6 Å². The van der Waals surface area contributed by atoms with Gasteiger partial charge in [0, 0.05) is 50.0 Å². The number of hydrogen-bond donors (Lipinski definition) is 0. The fourth-order valence-electron chi connectivity index (χ4n) is 15.7. The van der Waals surface area contributed by atoms with Crippen LogP contribution in [0.4, 0.5) is 34.1 Å². The summed E-state index contributed by atoms with van der Waals surface area (Å²) in [5.41, 5.74) is 24.4. The third-order valence-corrected chi connectivity index (χ3v) is 19.0. The number of hydrogen-bond acceptors (Lipinski definition) is 2. The molecule has 0 fully saturated rings. The lowest BCUT2D eigenvalue weighted by Gasteiger charge is -2.49. The molecule has 3 aliphatic carbocycles. The van der Waals surface area contributed by atoms with E-state index in [9.17, 15) is 0 Å². The van der Waals surface area contributed by atoms with Gasteiger partial charge in [-0.05, 0) is 162 Å². The number of anilines is 6. The highest BCUT2D eigenvalue weighted by Crippen LogP contribution is 2.67. The van der Waals surface area contributed by atoms with E-state index in [1.807, 2.05) is 0 Å². The van der Waals surface area contributed by atoms with Crippen LogP contribution in [0.2, 0.25) is 0 Å². The molecule has 1 aromatic heterocycles. The molecule has 14 aromatic carbocycles. The predicted molar refractivity (Wildman–Crippen MR) is 353 cm³/mol. The van der Waals surface area contributed by atoms with Crippen LogP contribution in [-0.4, -0.2) is 4.57 Å². The molecule has 0 unspecified atom stereocenters. The van der Waals surface area contributed by atoms with Crippen LogP contribution < -0.4 is 9.80 Å². The van der Waals surface area contributed by atoms with Gasteiger partial charge in [-0.15, -0.1) is 0 Å². The van der Waals surface area contributed by atoms with Gasteiger partial charge in [-0.1, -0.05) is 237 Å². The van der Waals surface area contributed by atoms with Crippen molar-refractivity contribution >= 4 is 77.5 Å². The fraction of sp³-hybridized carbons (Fsp3) is 0.0244. The maximum Gasteiger partial charge on any atom is 0.0720 e. The van der Waals surface area contributed by atoms with E-state index < -0.39 is 10.8 Å². The first-order valence-corrected chi connectivity index (χ1v) is 29.6. The first kappa shape index (κ1) is 47.6. The molecule has 3 heteroatoms. The van der Waals surface area contributed by atoms with Crippen LogP contribution in [0.5, 0.6) is 0 Å². The zero-order valence-electron chi connectivity index (χ0n) is 46.4. The smallest absolute Gasteiger partial charge is 0.0720 e. The third kappa shape index (κ3) is 6.55. The SMILES string of the molecule is c1ccc(N(c2ccc3c(c2)c2cc(N(c4ccccc4)c4cccc5ccccc45)ccc2n3-c2ccc3c(c2)C2(c4ccccc4-c4ccccc42)c2ccccc2C32c3ccccc3-c3ccccc32)c2cccc3ccccc23)cc1. The van der Waals surface area contributed by atoms with Crippen LogP contribution in [0.3, 0.4) is 0 Å². The Balaban J connectivity index is 0.953. The van der Waals surface area contributed by atoms with Crippen molar-refractivity contribution in [2.75, 3.05) is 9.80 Å². The molecule has 0 amide bonds. The molecule has 2 spiro atoms. The van der Waals surface area contributed by atoms with Crippen molar-refractivity contribution in [1.29, 1.82) is 0 Å². The van der Waals surface area contributed by atoms with Crippen LogP contribution >= 0.6 is 0 Å². The molecule has 1 heterocycles. The number of nitrogens with zero attached hydrogens (tertiary/aromatic N) is 3. The molecule has 15 aromatic rings. The lowest BCUT2D eigenvalue weighted by molar-refractivity contribution is 0.632. The molecule has 0 saturated carbocycles. The fourth-order valence-corrected chi connectivity index (χ4v) is 15.7. The van der Waals surface area contributed by atoms with E-state index in [4.69, 9.17) is 0 Å². The average Bonchev–Trinajstić information content (AvgIpc) is 2.40. The number of aromatic nitrogens is 1. The van der Waals surface area contributed by atoms with Gasteiger partial charge in [0.2, 0.25) is 0 Å². The maximum atomic E-state index is 2.59. The Hall–Kier alpha value is -11.0. The van der Waals surface area contributed by atoms with Gasteiger partial charge >= 0.3 is 0 Å². The molecular formula is C82H53N3. The lowest BCUT2D eigenvalue weighted by Crippen LogP contribution is -2.43. The second kappa shape index (κ2) is 18.2. The van der Waals surface area contributed by atoms with Crippen molar-refractivity contribution in [1.82, 2.24) is 4.57 Å². The largest absolute Gasteiger partial charge is 0.310 e. The van der Waals surface area contributed by atoms with Gasteiger partial charge in [-0.2, -0.15) is 0 Å². The summed E-state index contributed by atoms with van der Waals surface area (Å²) in [7, 11) is 0. The van der Waals surface area contributed by atoms with Gasteiger partial charge in [-0.25, -0.2) is 0 Å². The van der Waals surface area contributed by atoms with Crippen LogP contribution in [0, 0.1) is 0 Å². The Labute approximate surface area is 493 Å². The molecule has 0 aliphatic heterocycles. The van der Waals surface area contributed by atoms with E-state index >= 15 is 0 Å². The van der Waals surface area contributed by atoms with Gasteiger partial charge in [0.1, 0.15) is 0 Å². The first-order valence-electron chi connectivity index (χ1n) is 29.6. The summed E-state index contributed by atoms with van der Waals surface area (Å²) in [6, 6.07) is 121. The van der Waals surface area contributed by atoms with E-state index in [1.54, 1.807) is 0 Å². The molecule has 0 saturated heterocycles. The highest BCUT2D eigenvalue weighted by Gasteiger charge is 2.59. The number of benzene rings is 14. The molecule has 18 rings (SSSR count). The summed E-state index contributed by atoms with van der Waals surface area (Å²) in [6.07, 6.45) is 0. The van der Waals surface area contributed by atoms with Crippen molar-refractivity contribution < 1.29 is 0 Å². The van der Waals surface area contributed by atoms with Crippen LogP contribution in [0.15, 0.2) is 322 Å². The molecule has 0 bridgehead atoms. The Morgan fingerprint density at radius 3 is 1.02 bits per heavy atom. The predicted octanol–water partition coefficient (Wildman–Crippen LogP) is 21.1. The molecule has 3 aliphatic rings. The van der Waals surface area contributed by atoms with Crippen molar-refractivity contribution in [3.63, 3.8) is 0 Å². The van der Waals surface area contributed by atoms with Crippen molar-refractivity contribution in [2.24, 2.45) is 0 Å². The molecule has 396 valence electrons. The Kier molecular flexibility index (Phi) is 10.2. The standard InChI is InChI=1S/C82H53N3/c1-3-27-56(28-4-1)83(77-43-21-25-54-23-7-9-31-61(54)77)58-46-49-79-67(51-58)68-52-59(84(57-29-5-2-6-30-57)78-44-22-26-55-24-8-10-32-62(55)78)47-50-80(68)85(79)60-45-48-75-76(53-60)82(71-39-17-13-35-65(71)66-36-14-18-40-72(66)82)74-42-20-19-41-73(74)81(75)69-37-15-11-33-63(69)64-34-12-16-38-70(64)81/h1-53H. The number of fused-ring (bicyclic) bond motifs is 21. The first-order chi connectivity index (χ1) is 42.2. The molecule has 0 N–H and O–H groups in total. The maximum absolute atomic E-state index is 2.59. The summed E-state index contributed by atoms with van der Waals surface area (Å²) in [5.74, 6) is 0. The average molecular weight is 1080 g/mol. The normalized spacial score (nSPS) is 13.6. The van der Waals surface area contributed by atoms with Gasteiger partial charge in [-0.3, -0.25) is 0 Å². The zero-order chi connectivity index (χ0) is 55.8. The summed E-state index contributed by atoms with van der Waals surface area (Å²) < 4.78 is 2.55. The number of rotatable bonds is 7. The quantitative estimate of drug-likeness (QED) is 0.158. The van der Waals surface area contributed by atoms with E-state index in [1.165, 1.54) is 88.3 Å². The minimum absolute atomic E-state index is 0.592. The Morgan fingerprint density at radius 1 is 0.224 bits per heavy atom. The highest BCUT2D eigenvalue weighted by molar-refractivity contribution is 6.13. The zero-order valence-corrected chi connectivity index (χ0v) is 46.4. The molecular weight excluding hydrogens is 1030 g/mol. The number of para-hydroxylation sites is 2. The topological polar surface area (TPSA) is 11.4 Å².